The van der Waals surface area contributed by atoms with Crippen molar-refractivity contribution in [2.24, 2.45) is 0 Å². The normalized spacial score (nSPS) is 10.8. The van der Waals surface area contributed by atoms with Gasteiger partial charge in [-0.25, -0.2) is 14.1 Å². The molecule has 0 aliphatic heterocycles. The molecule has 4 rings (SSSR count). The zero-order valence-electron chi connectivity index (χ0n) is 14.6. The van der Waals surface area contributed by atoms with Crippen LogP contribution in [0.3, 0.4) is 0 Å². The second kappa shape index (κ2) is 8.05. The molecule has 4 aromatic rings. The van der Waals surface area contributed by atoms with E-state index in [2.05, 4.69) is 25.8 Å². The zero-order chi connectivity index (χ0) is 19.3. The molecule has 9 heteroatoms. The molecule has 2 aromatic heterocycles. The number of carbonyl (C=O) groups excluding carboxylic acids is 1. The molecule has 28 heavy (non-hydrogen) atoms. The van der Waals surface area contributed by atoms with Crippen molar-refractivity contribution >= 4 is 22.4 Å². The van der Waals surface area contributed by atoms with E-state index in [1.807, 2.05) is 24.3 Å². The zero-order valence-corrected chi connectivity index (χ0v) is 15.4. The number of anilines is 1. The summed E-state index contributed by atoms with van der Waals surface area (Å²) in [5, 5.41) is 14.4. The van der Waals surface area contributed by atoms with Crippen LogP contribution in [0.4, 0.5) is 9.52 Å². The number of aromatic nitrogens is 5. The Bertz CT molecular complexity index is 1060. The lowest BCUT2D eigenvalue weighted by Crippen LogP contribution is -2.14. The number of nitrogens with one attached hydrogen (secondary N) is 1. The van der Waals surface area contributed by atoms with Crippen LogP contribution in [-0.2, 0) is 17.6 Å². The molecule has 7 nitrogen and oxygen atoms in total. The van der Waals surface area contributed by atoms with Crippen LogP contribution >= 0.6 is 11.3 Å². The third-order valence-corrected chi connectivity index (χ3v) is 4.92. The highest BCUT2D eigenvalue weighted by Crippen LogP contribution is 2.21. The van der Waals surface area contributed by atoms with E-state index >= 15 is 0 Å². The fourth-order valence-corrected chi connectivity index (χ4v) is 3.51. The van der Waals surface area contributed by atoms with Crippen LogP contribution in [0.1, 0.15) is 16.0 Å². The summed E-state index contributed by atoms with van der Waals surface area (Å²) in [5.74, 6) is -0.398. The molecule has 1 amide bonds. The lowest BCUT2D eigenvalue weighted by molar-refractivity contribution is -0.115. The average Bonchev–Trinajstić information content (AvgIpc) is 3.37. The second-order valence-electron chi connectivity index (χ2n) is 6.08. The van der Waals surface area contributed by atoms with E-state index in [9.17, 15) is 9.18 Å². The number of benzene rings is 2. The number of thiazole rings is 1. The molecular formula is C19H15FN6OS. The summed E-state index contributed by atoms with van der Waals surface area (Å²) in [5.41, 5.74) is 2.68. The lowest BCUT2D eigenvalue weighted by atomic mass is 10.1. The topological polar surface area (TPSA) is 85.6 Å². The van der Waals surface area contributed by atoms with E-state index < -0.39 is 0 Å². The molecule has 0 aliphatic rings. The molecule has 0 spiro atoms. The minimum atomic E-state index is -0.257. The first-order chi connectivity index (χ1) is 13.7. The predicted molar refractivity (Wildman–Crippen MR) is 103 cm³/mol. The number of amides is 1. The Hall–Kier alpha value is -3.46. The summed E-state index contributed by atoms with van der Waals surface area (Å²) < 4.78 is 14.5. The van der Waals surface area contributed by atoms with E-state index in [0.717, 1.165) is 21.7 Å². The Kier molecular flexibility index (Phi) is 5.16. The number of hydrogen-bond acceptors (Lipinski definition) is 6. The van der Waals surface area contributed by atoms with Gasteiger partial charge in [-0.1, -0.05) is 24.3 Å². The van der Waals surface area contributed by atoms with E-state index in [0.29, 0.717) is 11.6 Å². The third-order valence-electron chi connectivity index (χ3n) is 4.01. The molecule has 0 saturated heterocycles. The van der Waals surface area contributed by atoms with Crippen LogP contribution in [0.25, 0.3) is 5.69 Å². The summed E-state index contributed by atoms with van der Waals surface area (Å²) in [6, 6.07) is 13.8. The Morgan fingerprint density at radius 1 is 1.07 bits per heavy atom. The van der Waals surface area contributed by atoms with Gasteiger partial charge >= 0.3 is 0 Å². The van der Waals surface area contributed by atoms with Crippen LogP contribution < -0.4 is 5.32 Å². The van der Waals surface area contributed by atoms with Gasteiger partial charge in [-0.2, -0.15) is 0 Å². The van der Waals surface area contributed by atoms with Gasteiger partial charge in [0.25, 0.3) is 0 Å². The molecule has 2 heterocycles. The van der Waals surface area contributed by atoms with Gasteiger partial charge in [-0.15, -0.1) is 16.4 Å². The quantitative estimate of drug-likeness (QED) is 0.543. The Morgan fingerprint density at radius 3 is 2.54 bits per heavy atom. The van der Waals surface area contributed by atoms with Crippen molar-refractivity contribution in [2.45, 2.75) is 12.8 Å². The maximum atomic E-state index is 13.0. The van der Waals surface area contributed by atoms with Crippen molar-refractivity contribution in [3.8, 4) is 5.69 Å². The van der Waals surface area contributed by atoms with Crippen LogP contribution in [0.5, 0.6) is 0 Å². The van der Waals surface area contributed by atoms with Gasteiger partial charge in [0, 0.05) is 17.5 Å². The van der Waals surface area contributed by atoms with Crippen molar-refractivity contribution in [1.82, 2.24) is 25.2 Å². The monoisotopic (exact) mass is 394 g/mol. The summed E-state index contributed by atoms with van der Waals surface area (Å²) in [6.45, 7) is 0. The fourth-order valence-electron chi connectivity index (χ4n) is 2.65. The van der Waals surface area contributed by atoms with E-state index in [4.69, 9.17) is 0 Å². The van der Waals surface area contributed by atoms with E-state index in [1.54, 1.807) is 23.0 Å². The molecule has 0 aliphatic carbocycles. The Morgan fingerprint density at radius 2 is 1.82 bits per heavy atom. The van der Waals surface area contributed by atoms with Crippen molar-refractivity contribution in [3.63, 3.8) is 0 Å². The van der Waals surface area contributed by atoms with E-state index in [1.165, 1.54) is 29.8 Å². The first-order valence-corrected chi connectivity index (χ1v) is 9.29. The number of halogens is 1. The number of tetrazole rings is 1. The van der Waals surface area contributed by atoms with Crippen LogP contribution in [0.2, 0.25) is 0 Å². The lowest BCUT2D eigenvalue weighted by Gasteiger charge is -2.04. The van der Waals surface area contributed by atoms with Crippen molar-refractivity contribution < 1.29 is 9.18 Å². The van der Waals surface area contributed by atoms with Gasteiger partial charge in [0.15, 0.2) is 5.13 Å². The molecule has 140 valence electrons. The van der Waals surface area contributed by atoms with Crippen molar-refractivity contribution in [3.05, 3.63) is 82.9 Å². The first-order valence-electron chi connectivity index (χ1n) is 8.47. The predicted octanol–water partition coefficient (Wildman–Crippen LogP) is 3.03. The number of hydrogen-bond donors (Lipinski definition) is 1. The largest absolute Gasteiger partial charge is 0.302 e. The number of rotatable bonds is 6. The second-order valence-corrected chi connectivity index (χ2v) is 7.20. The molecule has 0 fully saturated rings. The molecule has 0 saturated carbocycles. The highest BCUT2D eigenvalue weighted by atomic mass is 32.1. The maximum absolute atomic E-state index is 13.0. The standard InChI is InChI=1S/C19H15FN6OS/c20-15-5-1-13(2-6-15)9-17-11-21-19(28-17)23-18(27)10-14-3-7-16(8-4-14)26-12-22-24-25-26/h1-8,11-12H,9-10H2,(H,21,23,27). The number of nitrogens with zero attached hydrogens (tertiary/aromatic N) is 5. The van der Waals surface area contributed by atoms with E-state index in [-0.39, 0.29) is 18.1 Å². The highest BCUT2D eigenvalue weighted by Gasteiger charge is 2.09. The Labute approximate surface area is 163 Å². The Balaban J connectivity index is 1.34. The van der Waals surface area contributed by atoms with Crippen molar-refractivity contribution in [1.29, 1.82) is 0 Å². The van der Waals surface area contributed by atoms with Gasteiger partial charge in [0.1, 0.15) is 12.1 Å². The van der Waals surface area contributed by atoms with Gasteiger partial charge in [0.05, 0.1) is 12.1 Å². The summed E-state index contributed by atoms with van der Waals surface area (Å²) >= 11 is 1.41. The summed E-state index contributed by atoms with van der Waals surface area (Å²) in [4.78, 5) is 17.5. The maximum Gasteiger partial charge on any atom is 0.230 e. The molecule has 0 unspecified atom stereocenters. The molecular weight excluding hydrogens is 379 g/mol. The van der Waals surface area contributed by atoms with Crippen LogP contribution in [0.15, 0.2) is 61.1 Å². The minimum Gasteiger partial charge on any atom is -0.302 e. The van der Waals surface area contributed by atoms with Gasteiger partial charge in [-0.3, -0.25) is 4.79 Å². The van der Waals surface area contributed by atoms with Gasteiger partial charge in [0.2, 0.25) is 5.91 Å². The molecule has 2 aromatic carbocycles. The van der Waals surface area contributed by atoms with Crippen LogP contribution in [-0.4, -0.2) is 31.1 Å². The SMILES string of the molecule is O=C(Cc1ccc(-n2cnnn2)cc1)Nc1ncc(Cc2ccc(F)cc2)s1. The van der Waals surface area contributed by atoms with Gasteiger partial charge in [-0.05, 0) is 45.8 Å². The minimum absolute atomic E-state index is 0.141. The highest BCUT2D eigenvalue weighted by molar-refractivity contribution is 7.15. The average molecular weight is 394 g/mol. The molecule has 0 radical (unpaired) electrons. The fraction of sp³-hybridized carbons (Fsp3) is 0.105. The van der Waals surface area contributed by atoms with Crippen molar-refractivity contribution in [2.75, 3.05) is 5.32 Å². The van der Waals surface area contributed by atoms with Gasteiger partial charge < -0.3 is 5.32 Å². The molecule has 0 bridgehead atoms. The summed E-state index contributed by atoms with van der Waals surface area (Å²) in [7, 11) is 0. The first kappa shape index (κ1) is 17.9. The molecule has 1 N–H and O–H groups in total. The van der Waals surface area contributed by atoms with Crippen LogP contribution in [0, 0.1) is 5.82 Å². The third kappa shape index (κ3) is 4.44. The molecule has 0 atom stereocenters. The number of carbonyl (C=O) groups is 1. The summed E-state index contributed by atoms with van der Waals surface area (Å²) in [6.07, 6.45) is 4.12. The smallest absolute Gasteiger partial charge is 0.230 e.